The van der Waals surface area contributed by atoms with Gasteiger partial charge in [0.05, 0.1) is 33.5 Å². The highest BCUT2D eigenvalue weighted by molar-refractivity contribution is 6.74. The van der Waals surface area contributed by atoms with Gasteiger partial charge in [-0.1, -0.05) is 72.7 Å². The van der Waals surface area contributed by atoms with Gasteiger partial charge in [-0.3, -0.25) is 0 Å². The SMILES string of the molecule is COCOc1ccc(C2OCC(C)(C)CO2)cc1C(O)(c1cccc(N2CCC(O[Si](C)(C)C(C)(C)C)CC2)c1)c1cc(C2OCC(C)(C)CO2)ccc1OC. The third-order valence-corrected chi connectivity index (χ3v) is 16.3. The Bertz CT molecular complexity index is 1780. The van der Waals surface area contributed by atoms with Crippen LogP contribution >= 0.6 is 0 Å². The predicted molar refractivity (Wildman–Crippen MR) is 221 cm³/mol. The van der Waals surface area contributed by atoms with E-state index in [9.17, 15) is 5.11 Å². The molecule has 3 saturated heterocycles. The maximum Gasteiger partial charge on any atom is 0.192 e. The van der Waals surface area contributed by atoms with Crippen molar-refractivity contribution in [2.24, 2.45) is 10.8 Å². The molecule has 0 bridgehead atoms. The third-order valence-electron chi connectivity index (χ3n) is 11.7. The second-order valence-electron chi connectivity index (χ2n) is 18.8. The van der Waals surface area contributed by atoms with Crippen molar-refractivity contribution in [2.45, 2.75) is 104 Å². The molecule has 0 amide bonds. The number of hydrogen-bond acceptors (Lipinski definition) is 10. The van der Waals surface area contributed by atoms with Crippen molar-refractivity contribution in [2.75, 3.05) is 65.4 Å². The quantitative estimate of drug-likeness (QED) is 0.109. The summed E-state index contributed by atoms with van der Waals surface area (Å²) in [6, 6.07) is 19.6. The Kier molecular flexibility index (Phi) is 12.7. The Morgan fingerprint density at radius 3 is 1.77 bits per heavy atom. The van der Waals surface area contributed by atoms with Crippen molar-refractivity contribution in [1.82, 2.24) is 0 Å². The van der Waals surface area contributed by atoms with Gasteiger partial charge < -0.3 is 47.6 Å². The molecule has 6 rings (SSSR count). The zero-order valence-corrected chi connectivity index (χ0v) is 36.5. The van der Waals surface area contributed by atoms with Gasteiger partial charge in [0.15, 0.2) is 27.7 Å². The molecule has 3 heterocycles. The van der Waals surface area contributed by atoms with Crippen molar-refractivity contribution >= 4 is 14.0 Å². The average Bonchev–Trinajstić information content (AvgIpc) is 3.16. The standard InChI is InChI=1S/C45H65NO9Si/c1-42(2,3)56(10,11)55-35-19-21-46(22-20-35)34-14-12-13-33(25-34)45(47,36-23-31(15-17-38(36)49-9)40-50-26-43(4,5)27-51-40)37-24-32(16-18-39(37)54-30-48-8)41-52-28-44(6,7)29-53-41/h12-18,23-25,35,40-41,47H,19-22,26-30H2,1-11H3. The molecule has 3 fully saturated rings. The molecule has 0 aromatic heterocycles. The number of piperidine rings is 1. The van der Waals surface area contributed by atoms with Gasteiger partial charge in [0.25, 0.3) is 0 Å². The summed E-state index contributed by atoms with van der Waals surface area (Å²) in [6.45, 7) is 23.8. The molecule has 3 aliphatic rings. The second-order valence-corrected chi connectivity index (χ2v) is 23.6. The van der Waals surface area contributed by atoms with E-state index in [4.69, 9.17) is 37.6 Å². The largest absolute Gasteiger partial charge is 0.496 e. The zero-order chi connectivity index (χ0) is 40.5. The van der Waals surface area contributed by atoms with Crippen molar-refractivity contribution < 1.29 is 42.7 Å². The normalized spacial score (nSPS) is 21.1. The summed E-state index contributed by atoms with van der Waals surface area (Å²) < 4.78 is 49.5. The van der Waals surface area contributed by atoms with Gasteiger partial charge >= 0.3 is 0 Å². The van der Waals surface area contributed by atoms with E-state index >= 15 is 0 Å². The minimum atomic E-state index is -1.90. The topological polar surface area (TPSA) is 97.3 Å². The molecule has 308 valence electrons. The van der Waals surface area contributed by atoms with Gasteiger partial charge in [-0.05, 0) is 72.9 Å². The molecule has 1 N–H and O–H groups in total. The van der Waals surface area contributed by atoms with E-state index in [1.165, 1.54) is 0 Å². The zero-order valence-electron chi connectivity index (χ0n) is 35.5. The molecule has 1 unspecified atom stereocenters. The minimum absolute atomic E-state index is 0.0182. The lowest BCUT2D eigenvalue weighted by atomic mass is 9.78. The molecular weight excluding hydrogens is 727 g/mol. The van der Waals surface area contributed by atoms with E-state index in [2.05, 4.69) is 78.6 Å². The Morgan fingerprint density at radius 2 is 1.27 bits per heavy atom. The van der Waals surface area contributed by atoms with Crippen LogP contribution in [0.4, 0.5) is 5.69 Å². The molecule has 56 heavy (non-hydrogen) atoms. The van der Waals surface area contributed by atoms with Gasteiger partial charge in [-0.15, -0.1) is 0 Å². The van der Waals surface area contributed by atoms with E-state index in [0.29, 0.717) is 54.6 Å². The number of benzene rings is 3. The molecule has 0 radical (unpaired) electrons. The smallest absolute Gasteiger partial charge is 0.192 e. The van der Waals surface area contributed by atoms with Crippen LogP contribution < -0.4 is 14.4 Å². The first-order chi connectivity index (χ1) is 26.4. The number of hydrogen-bond donors (Lipinski definition) is 1. The van der Waals surface area contributed by atoms with Gasteiger partial charge in [0, 0.05) is 65.1 Å². The molecular formula is C45H65NO9Si. The van der Waals surface area contributed by atoms with Crippen LogP contribution in [0.25, 0.3) is 0 Å². The van der Waals surface area contributed by atoms with Gasteiger partial charge in [-0.2, -0.15) is 0 Å². The molecule has 3 aromatic rings. The summed E-state index contributed by atoms with van der Waals surface area (Å²) in [6.07, 6.45) is 0.867. The van der Waals surface area contributed by atoms with E-state index < -0.39 is 26.5 Å². The molecule has 0 saturated carbocycles. The first-order valence-electron chi connectivity index (χ1n) is 20.0. The lowest BCUT2D eigenvalue weighted by molar-refractivity contribution is -0.226. The average molecular weight is 792 g/mol. The highest BCUT2D eigenvalue weighted by Gasteiger charge is 2.43. The first-order valence-corrected chi connectivity index (χ1v) is 22.9. The predicted octanol–water partition coefficient (Wildman–Crippen LogP) is 9.10. The van der Waals surface area contributed by atoms with E-state index in [0.717, 1.165) is 42.7 Å². The Balaban J connectivity index is 1.45. The van der Waals surface area contributed by atoms with Crippen LogP contribution in [0.1, 0.15) is 102 Å². The number of ether oxygens (including phenoxy) is 7. The Labute approximate surface area is 335 Å². The molecule has 3 aliphatic heterocycles. The summed E-state index contributed by atoms with van der Waals surface area (Å²) in [7, 11) is 1.30. The van der Waals surface area contributed by atoms with Crippen LogP contribution in [-0.2, 0) is 33.7 Å². The van der Waals surface area contributed by atoms with Crippen molar-refractivity contribution in [1.29, 1.82) is 0 Å². The van der Waals surface area contributed by atoms with Crippen LogP contribution in [0.3, 0.4) is 0 Å². The Hall–Kier alpha value is -3.00. The van der Waals surface area contributed by atoms with Crippen molar-refractivity contribution in [3.05, 3.63) is 88.5 Å². The van der Waals surface area contributed by atoms with Crippen LogP contribution in [0.5, 0.6) is 11.5 Å². The fraction of sp³-hybridized carbons (Fsp3) is 0.600. The summed E-state index contributed by atoms with van der Waals surface area (Å²) in [5.74, 6) is 0.944. The highest BCUT2D eigenvalue weighted by Crippen LogP contribution is 2.48. The molecule has 10 nitrogen and oxygen atoms in total. The lowest BCUT2D eigenvalue weighted by Gasteiger charge is -2.42. The molecule has 11 heteroatoms. The molecule has 3 aromatic carbocycles. The number of aliphatic hydroxyl groups is 1. The minimum Gasteiger partial charge on any atom is -0.496 e. The van der Waals surface area contributed by atoms with Gasteiger partial charge in [0.2, 0.25) is 0 Å². The fourth-order valence-electron chi connectivity index (χ4n) is 7.36. The molecule has 1 atom stereocenters. The number of rotatable bonds is 12. The summed E-state index contributed by atoms with van der Waals surface area (Å²) in [5.41, 5.74) is 2.17. The lowest BCUT2D eigenvalue weighted by Crippen LogP contribution is -2.47. The molecule has 0 spiro atoms. The maximum absolute atomic E-state index is 13.8. The maximum atomic E-state index is 13.8. The highest BCUT2D eigenvalue weighted by atomic mass is 28.4. The van der Waals surface area contributed by atoms with E-state index in [1.807, 2.05) is 48.5 Å². The van der Waals surface area contributed by atoms with Gasteiger partial charge in [-0.25, -0.2) is 0 Å². The van der Waals surface area contributed by atoms with Crippen molar-refractivity contribution in [3.8, 4) is 11.5 Å². The summed E-state index contributed by atoms with van der Waals surface area (Å²) >= 11 is 0. The van der Waals surface area contributed by atoms with Crippen LogP contribution in [0, 0.1) is 10.8 Å². The van der Waals surface area contributed by atoms with Crippen LogP contribution in [0.2, 0.25) is 18.1 Å². The number of nitrogens with zero attached hydrogens (tertiary/aromatic N) is 1. The Morgan fingerprint density at radius 1 is 0.750 bits per heavy atom. The second kappa shape index (κ2) is 16.7. The third kappa shape index (κ3) is 9.31. The fourth-order valence-corrected chi connectivity index (χ4v) is 8.78. The van der Waals surface area contributed by atoms with E-state index in [-0.39, 0.29) is 28.8 Å². The monoisotopic (exact) mass is 791 g/mol. The van der Waals surface area contributed by atoms with Crippen LogP contribution in [0.15, 0.2) is 60.7 Å². The first kappa shape index (κ1) is 42.6. The van der Waals surface area contributed by atoms with E-state index in [1.54, 1.807) is 14.2 Å². The van der Waals surface area contributed by atoms with Gasteiger partial charge in [0.1, 0.15) is 17.1 Å². The number of methoxy groups -OCH3 is 2. The number of anilines is 1. The van der Waals surface area contributed by atoms with Crippen LogP contribution in [-0.4, -0.2) is 80.1 Å². The summed E-state index contributed by atoms with van der Waals surface area (Å²) in [4.78, 5) is 2.39. The summed E-state index contributed by atoms with van der Waals surface area (Å²) in [5, 5.41) is 14.0. The van der Waals surface area contributed by atoms with Crippen molar-refractivity contribution in [3.63, 3.8) is 0 Å². The molecule has 0 aliphatic carbocycles.